The lowest BCUT2D eigenvalue weighted by atomic mass is 9.98. The van der Waals surface area contributed by atoms with Crippen LogP contribution in [0, 0.1) is 6.92 Å². The second-order valence-electron chi connectivity index (χ2n) is 4.87. The first-order chi connectivity index (χ1) is 9.16. The molecule has 20 heavy (non-hydrogen) atoms. The minimum atomic E-state index is -4.92. The number of hydrogen-bond acceptors (Lipinski definition) is 2. The third-order valence-corrected chi connectivity index (χ3v) is 3.37. The Morgan fingerprint density at radius 2 is 1.90 bits per heavy atom. The number of alkyl halides is 3. The number of carbonyl (C=O) groups is 2. The lowest BCUT2D eigenvalue weighted by Crippen LogP contribution is -2.43. The number of carboxylic acids is 1. The van der Waals surface area contributed by atoms with Crippen LogP contribution in [-0.2, 0) is 10.3 Å². The summed E-state index contributed by atoms with van der Waals surface area (Å²) in [4.78, 5) is 21.9. The van der Waals surface area contributed by atoms with Crippen LogP contribution in [0.5, 0.6) is 0 Å². The Morgan fingerprint density at radius 3 is 2.30 bits per heavy atom. The van der Waals surface area contributed by atoms with Crippen molar-refractivity contribution in [1.29, 1.82) is 0 Å². The average molecular weight is 287 g/mol. The van der Waals surface area contributed by atoms with E-state index in [2.05, 4.69) is 0 Å². The molecule has 1 saturated carbocycles. The van der Waals surface area contributed by atoms with Gasteiger partial charge in [-0.1, -0.05) is 12.1 Å². The van der Waals surface area contributed by atoms with E-state index in [-0.39, 0.29) is 5.56 Å². The minimum absolute atomic E-state index is 0.0895. The quantitative estimate of drug-likeness (QED) is 0.897. The molecule has 2 N–H and O–H groups in total. The molecule has 1 aliphatic rings. The van der Waals surface area contributed by atoms with Crippen LogP contribution in [0.1, 0.15) is 34.3 Å². The highest BCUT2D eigenvalue weighted by molar-refractivity contribution is 5.89. The Balaban J connectivity index is 2.26. The second kappa shape index (κ2) is 4.50. The molecular formula is C13H12F3NO3. The maximum atomic E-state index is 12.3. The molecular weight excluding hydrogens is 275 g/mol. The van der Waals surface area contributed by atoms with Crippen molar-refractivity contribution < 1.29 is 27.9 Å². The molecule has 0 radical (unpaired) electrons. The van der Waals surface area contributed by atoms with Crippen molar-refractivity contribution in [3.63, 3.8) is 0 Å². The number of aromatic carboxylic acids is 1. The van der Waals surface area contributed by atoms with Gasteiger partial charge in [0, 0.05) is 0 Å². The zero-order chi connectivity index (χ0) is 15.1. The SMILES string of the molecule is Cc1cc(C2(NC(=O)C(F)(F)F)CC2)ccc1C(=O)O. The fourth-order valence-electron chi connectivity index (χ4n) is 2.10. The molecule has 1 aromatic rings. The van der Waals surface area contributed by atoms with Crippen LogP contribution >= 0.6 is 0 Å². The van der Waals surface area contributed by atoms with Crippen LogP contribution in [0.15, 0.2) is 18.2 Å². The first kappa shape index (κ1) is 14.4. The highest BCUT2D eigenvalue weighted by atomic mass is 19.4. The fourth-order valence-corrected chi connectivity index (χ4v) is 2.10. The van der Waals surface area contributed by atoms with Gasteiger partial charge in [-0.15, -0.1) is 0 Å². The summed E-state index contributed by atoms with van der Waals surface area (Å²) in [6.07, 6.45) is -4.12. The van der Waals surface area contributed by atoms with Crippen LogP contribution in [0.25, 0.3) is 0 Å². The number of aryl methyl sites for hydroxylation is 1. The molecule has 0 heterocycles. The Labute approximate surface area is 112 Å². The van der Waals surface area contributed by atoms with Crippen LogP contribution in [-0.4, -0.2) is 23.2 Å². The van der Waals surface area contributed by atoms with Crippen molar-refractivity contribution in [3.8, 4) is 0 Å². The van der Waals surface area contributed by atoms with E-state index in [0.717, 1.165) is 0 Å². The number of amides is 1. The molecule has 1 aliphatic carbocycles. The predicted octanol–water partition coefficient (Wildman–Crippen LogP) is 2.36. The van der Waals surface area contributed by atoms with E-state index in [9.17, 15) is 22.8 Å². The molecule has 1 aromatic carbocycles. The molecule has 0 spiro atoms. The third-order valence-electron chi connectivity index (χ3n) is 3.37. The number of nitrogens with one attached hydrogen (secondary N) is 1. The van der Waals surface area contributed by atoms with Crippen molar-refractivity contribution in [2.75, 3.05) is 0 Å². The standard InChI is InChI=1S/C13H12F3NO3/c1-7-6-8(2-3-9(7)10(18)19)12(4-5-12)17-11(20)13(14,15)16/h2-3,6H,4-5H2,1H3,(H,17,20)(H,18,19). The Kier molecular flexibility index (Phi) is 3.23. The van der Waals surface area contributed by atoms with Crippen molar-refractivity contribution >= 4 is 11.9 Å². The summed E-state index contributed by atoms with van der Waals surface area (Å²) in [6.45, 7) is 1.56. The number of hydrogen-bond donors (Lipinski definition) is 2. The molecule has 1 amide bonds. The van der Waals surface area contributed by atoms with Crippen LogP contribution < -0.4 is 5.32 Å². The van der Waals surface area contributed by atoms with E-state index >= 15 is 0 Å². The van der Waals surface area contributed by atoms with Gasteiger partial charge in [0.15, 0.2) is 0 Å². The van der Waals surface area contributed by atoms with E-state index in [1.54, 1.807) is 6.92 Å². The third kappa shape index (κ3) is 2.61. The molecule has 1 fully saturated rings. The van der Waals surface area contributed by atoms with Gasteiger partial charge in [0.1, 0.15) is 0 Å². The predicted molar refractivity (Wildman–Crippen MR) is 63.2 cm³/mol. The van der Waals surface area contributed by atoms with Gasteiger partial charge in [-0.3, -0.25) is 4.79 Å². The fraction of sp³-hybridized carbons (Fsp3) is 0.385. The number of carbonyl (C=O) groups excluding carboxylic acids is 1. The van der Waals surface area contributed by atoms with E-state index in [1.807, 2.05) is 5.32 Å². The number of carboxylic acid groups (broad SMARTS) is 1. The summed E-state index contributed by atoms with van der Waals surface area (Å²) in [6, 6.07) is 4.29. The van der Waals surface area contributed by atoms with E-state index < -0.39 is 23.6 Å². The smallest absolute Gasteiger partial charge is 0.471 e. The van der Waals surface area contributed by atoms with Gasteiger partial charge in [-0.2, -0.15) is 13.2 Å². The average Bonchev–Trinajstić information content (AvgIpc) is 3.08. The van der Waals surface area contributed by atoms with Gasteiger partial charge in [0.05, 0.1) is 11.1 Å². The minimum Gasteiger partial charge on any atom is -0.478 e. The Hall–Kier alpha value is -2.05. The van der Waals surface area contributed by atoms with E-state index in [4.69, 9.17) is 5.11 Å². The maximum Gasteiger partial charge on any atom is 0.471 e. The zero-order valence-electron chi connectivity index (χ0n) is 10.5. The summed E-state index contributed by atoms with van der Waals surface area (Å²) in [5, 5.41) is 10.9. The summed E-state index contributed by atoms with van der Waals surface area (Å²) in [5.74, 6) is -3.08. The van der Waals surface area contributed by atoms with Crippen LogP contribution in [0.2, 0.25) is 0 Å². The van der Waals surface area contributed by atoms with Crippen molar-refractivity contribution in [2.45, 2.75) is 31.5 Å². The van der Waals surface area contributed by atoms with Gasteiger partial charge in [0.2, 0.25) is 0 Å². The van der Waals surface area contributed by atoms with Crippen molar-refractivity contribution in [2.24, 2.45) is 0 Å². The number of halogens is 3. The molecule has 4 nitrogen and oxygen atoms in total. The number of benzene rings is 1. The molecule has 0 aromatic heterocycles. The van der Waals surface area contributed by atoms with Crippen molar-refractivity contribution in [3.05, 3.63) is 34.9 Å². The molecule has 0 bridgehead atoms. The summed E-state index contributed by atoms with van der Waals surface area (Å²) >= 11 is 0. The van der Waals surface area contributed by atoms with Crippen LogP contribution in [0.4, 0.5) is 13.2 Å². The topological polar surface area (TPSA) is 66.4 Å². The number of rotatable bonds is 3. The molecule has 7 heteroatoms. The van der Waals surface area contributed by atoms with Crippen molar-refractivity contribution in [1.82, 2.24) is 5.32 Å². The van der Waals surface area contributed by atoms with E-state index in [0.29, 0.717) is 24.0 Å². The largest absolute Gasteiger partial charge is 0.478 e. The van der Waals surface area contributed by atoms with Gasteiger partial charge >= 0.3 is 18.1 Å². The first-order valence-electron chi connectivity index (χ1n) is 5.89. The van der Waals surface area contributed by atoms with Gasteiger partial charge < -0.3 is 10.4 Å². The maximum absolute atomic E-state index is 12.3. The molecule has 108 valence electrons. The molecule has 2 rings (SSSR count). The molecule has 0 saturated heterocycles. The Bertz CT molecular complexity index is 577. The Morgan fingerprint density at radius 1 is 1.30 bits per heavy atom. The van der Waals surface area contributed by atoms with Gasteiger partial charge in [-0.25, -0.2) is 4.79 Å². The summed E-state index contributed by atoms with van der Waals surface area (Å²) in [7, 11) is 0. The lowest BCUT2D eigenvalue weighted by molar-refractivity contribution is -0.174. The van der Waals surface area contributed by atoms with Crippen LogP contribution in [0.3, 0.4) is 0 Å². The summed E-state index contributed by atoms with van der Waals surface area (Å²) < 4.78 is 36.8. The highest BCUT2D eigenvalue weighted by Crippen LogP contribution is 2.46. The second-order valence-corrected chi connectivity index (χ2v) is 4.87. The van der Waals surface area contributed by atoms with Gasteiger partial charge in [0.25, 0.3) is 0 Å². The lowest BCUT2D eigenvalue weighted by Gasteiger charge is -2.20. The van der Waals surface area contributed by atoms with E-state index in [1.165, 1.54) is 18.2 Å². The summed E-state index contributed by atoms with van der Waals surface area (Å²) in [5.41, 5.74) is 0.0147. The molecule has 0 unspecified atom stereocenters. The van der Waals surface area contributed by atoms with Gasteiger partial charge in [-0.05, 0) is 37.0 Å². The first-order valence-corrected chi connectivity index (χ1v) is 5.89. The zero-order valence-corrected chi connectivity index (χ0v) is 10.5. The normalized spacial score (nSPS) is 16.6. The molecule has 0 atom stereocenters. The monoisotopic (exact) mass is 287 g/mol. The molecule has 0 aliphatic heterocycles. The highest BCUT2D eigenvalue weighted by Gasteiger charge is 2.51.